The van der Waals surface area contributed by atoms with Gasteiger partial charge in [0.2, 0.25) is 23.6 Å². The number of rotatable bonds is 32. The Kier molecular flexibility index (Phi) is 31.8. The summed E-state index contributed by atoms with van der Waals surface area (Å²) in [5.74, 6) is -4.10. The van der Waals surface area contributed by atoms with E-state index in [2.05, 4.69) is 45.7 Å². The molecule has 7 rings (SSSR count). The van der Waals surface area contributed by atoms with E-state index in [0.717, 1.165) is 53.4 Å². The Labute approximate surface area is 572 Å². The van der Waals surface area contributed by atoms with Crippen LogP contribution in [0.2, 0.25) is 0 Å². The van der Waals surface area contributed by atoms with Crippen LogP contribution < -0.4 is 31.3 Å². The third-order valence-corrected chi connectivity index (χ3v) is 18.2. The Morgan fingerprint density at radius 3 is 1.36 bits per heavy atom. The number of amides is 5. The molecule has 17 N–H and O–H groups in total. The zero-order valence-corrected chi connectivity index (χ0v) is 56.7. The van der Waals surface area contributed by atoms with Crippen molar-refractivity contribution in [2.24, 2.45) is 5.92 Å². The number of hydrogen-bond acceptors (Lipinski definition) is 30. The molecule has 564 valence electrons. The molecule has 0 spiro atoms. The second kappa shape index (κ2) is 38.6. The van der Waals surface area contributed by atoms with Crippen molar-refractivity contribution in [3.63, 3.8) is 0 Å². The van der Waals surface area contributed by atoms with Crippen LogP contribution in [0.4, 0.5) is 0 Å². The molecule has 0 radical (unpaired) electrons. The first kappa shape index (κ1) is 81.4. The maximum Gasteiger partial charge on any atom is 0.251 e. The number of ether oxygens (including phenoxy) is 13. The van der Waals surface area contributed by atoms with Gasteiger partial charge in [0, 0.05) is 46.3 Å². The first-order chi connectivity index (χ1) is 47.2. The number of hydrogen-bond donors (Lipinski definition) is 17. The largest absolute Gasteiger partial charge is 0.494 e. The molecule has 0 aromatic heterocycles. The Balaban J connectivity index is 1.07. The third kappa shape index (κ3) is 21.0. The first-order valence-electron chi connectivity index (χ1n) is 33.5. The summed E-state index contributed by atoms with van der Waals surface area (Å²) in [5, 5.41) is 148. The molecule has 1 aromatic carbocycles. The van der Waals surface area contributed by atoms with Gasteiger partial charge in [-0.05, 0) is 50.8 Å². The van der Waals surface area contributed by atoms with Crippen LogP contribution in [0.25, 0.3) is 0 Å². The van der Waals surface area contributed by atoms with Gasteiger partial charge in [-0.25, -0.2) is 0 Å². The monoisotopic (exact) mass is 1420 g/mol. The number of unbranched alkanes of at least 4 members (excludes halogenated alkanes) is 5. The maximum absolute atomic E-state index is 14.0. The number of aliphatic hydroxyl groups excluding tert-OH is 12. The van der Waals surface area contributed by atoms with E-state index in [9.17, 15) is 85.3 Å². The normalized spacial score (nSPS) is 39.6. The lowest BCUT2D eigenvalue weighted by Crippen LogP contribution is -2.72. The minimum Gasteiger partial charge on any atom is -0.494 e. The van der Waals surface area contributed by atoms with Crippen molar-refractivity contribution in [1.82, 2.24) is 26.6 Å². The Hall–Kier alpha value is -4.85. The van der Waals surface area contributed by atoms with E-state index < -0.39 is 246 Å². The predicted molar refractivity (Wildman–Crippen MR) is 336 cm³/mol. The van der Waals surface area contributed by atoms with Crippen molar-refractivity contribution in [2.45, 2.75) is 271 Å². The van der Waals surface area contributed by atoms with E-state index in [1.54, 1.807) is 26.0 Å². The zero-order valence-electron chi connectivity index (χ0n) is 56.7. The van der Waals surface area contributed by atoms with E-state index in [1.807, 2.05) is 0 Å². The molecule has 6 aliphatic rings. The van der Waals surface area contributed by atoms with Crippen molar-refractivity contribution >= 4 is 29.5 Å². The fourth-order valence-electron chi connectivity index (χ4n) is 13.0. The van der Waals surface area contributed by atoms with Crippen molar-refractivity contribution in [3.8, 4) is 5.75 Å². The Morgan fingerprint density at radius 1 is 0.475 bits per heavy atom. The van der Waals surface area contributed by atoms with Gasteiger partial charge in [-0.1, -0.05) is 51.3 Å². The number of nitrogens with one attached hydrogen (secondary N) is 5. The van der Waals surface area contributed by atoms with Crippen LogP contribution in [0.1, 0.15) is 104 Å². The molecular weight excluding hydrogens is 1320 g/mol. The summed E-state index contributed by atoms with van der Waals surface area (Å²) in [5.41, 5.74) is 0.0529. The van der Waals surface area contributed by atoms with Gasteiger partial charge in [0.1, 0.15) is 134 Å². The fraction of sp³-hybridized carbons (Fsp3) is 0.797. The minimum absolute atomic E-state index is 0.0529. The molecule has 30 atom stereocenters. The van der Waals surface area contributed by atoms with Crippen LogP contribution >= 0.6 is 0 Å². The van der Waals surface area contributed by atoms with Gasteiger partial charge in [0.15, 0.2) is 37.7 Å². The second-order valence-corrected chi connectivity index (χ2v) is 25.7. The average Bonchev–Trinajstić information content (AvgIpc) is 0.771. The number of methoxy groups -OCH3 is 1. The summed E-state index contributed by atoms with van der Waals surface area (Å²) >= 11 is 0. The molecule has 35 nitrogen and oxygen atoms in total. The van der Waals surface area contributed by atoms with Crippen LogP contribution in [0.3, 0.4) is 0 Å². The number of benzene rings is 1. The van der Waals surface area contributed by atoms with Gasteiger partial charge in [-0.3, -0.25) is 24.0 Å². The number of allylic oxidation sites excluding steroid dienone is 2. The predicted octanol–water partition coefficient (Wildman–Crippen LogP) is -5.45. The molecular formula is C64H103N5O30. The molecule has 35 heteroatoms. The van der Waals surface area contributed by atoms with Gasteiger partial charge in [0.25, 0.3) is 5.91 Å². The fourth-order valence-corrected chi connectivity index (χ4v) is 13.0. The molecule has 0 bridgehead atoms. The smallest absolute Gasteiger partial charge is 0.251 e. The molecule has 0 aliphatic carbocycles. The number of aliphatic hydroxyl groups is 12. The third-order valence-electron chi connectivity index (χ3n) is 18.2. The van der Waals surface area contributed by atoms with Gasteiger partial charge >= 0.3 is 0 Å². The van der Waals surface area contributed by atoms with Crippen LogP contribution in [0.15, 0.2) is 36.4 Å². The summed E-state index contributed by atoms with van der Waals surface area (Å²) in [6.45, 7) is 5.62. The molecule has 6 saturated heterocycles. The van der Waals surface area contributed by atoms with Crippen LogP contribution in [-0.4, -0.2) is 315 Å². The number of carbonyl (C=O) groups is 5. The van der Waals surface area contributed by atoms with Gasteiger partial charge in [-0.2, -0.15) is 0 Å². The van der Waals surface area contributed by atoms with Crippen molar-refractivity contribution in [1.29, 1.82) is 0 Å². The molecule has 6 heterocycles. The van der Waals surface area contributed by atoms with Crippen LogP contribution in [0.5, 0.6) is 5.75 Å². The second-order valence-electron chi connectivity index (χ2n) is 25.7. The highest BCUT2D eigenvalue weighted by Crippen LogP contribution is 2.37. The first-order valence-corrected chi connectivity index (χ1v) is 33.5. The quantitative estimate of drug-likeness (QED) is 0.0236. The molecule has 0 saturated carbocycles. The standard InChI is InChI=1S/C64H103N5O30/c1-9-10-11-12-13-14-15-16-17-21-88-35-20-18-19-34(22-35)58(85)69-42-48(80)47(79)36(23-70)92-60(42)96-54-37(24-71)93-61(43(50(54)82)66-31(5)75)97-55-38(25-72)94-62(44(51(55)83)67-32(6)76)98-56-39(26-73)95-63(45(52(56)84)68-33(7)77)99-57-40(91-59(86)41(49(57)81)65-30(4)74)27-89-64-53(87-8)28(2)46(78)29(3)90-64/h14-15,18-20,22,28-29,36-57,59-64,70-73,78-84,86H,9-13,16-17,21,23-27H2,1-8H3,(H,65,74)(H,66,75)(H,67,76)(H,68,77)(H,69,85)/b15-14-/t28-,29?,36?,37-,38?,39-,40?,41?,42-,43?,44?,45?,46?,47+,48+,49+,50?,51+,52?,53+,54+,55?,56+,57?,59?,60?,61?,62-,63?,64+/m0/s1. The molecule has 6 fully saturated rings. The highest BCUT2D eigenvalue weighted by molar-refractivity contribution is 5.94. The molecule has 17 unspecified atom stereocenters. The van der Waals surface area contributed by atoms with Crippen molar-refractivity contribution in [3.05, 3.63) is 42.0 Å². The van der Waals surface area contributed by atoms with E-state index in [-0.39, 0.29) is 5.56 Å². The summed E-state index contributed by atoms with van der Waals surface area (Å²) in [6.07, 6.45) is -28.6. The topological polar surface area (TPSA) is 508 Å². The molecule has 5 amide bonds. The van der Waals surface area contributed by atoms with Crippen LogP contribution in [0, 0.1) is 5.92 Å². The summed E-state index contributed by atoms with van der Waals surface area (Å²) in [4.78, 5) is 65.2. The van der Waals surface area contributed by atoms with E-state index in [4.69, 9.17) is 61.6 Å². The molecule has 99 heavy (non-hydrogen) atoms. The van der Waals surface area contributed by atoms with E-state index in [0.29, 0.717) is 18.8 Å². The van der Waals surface area contributed by atoms with Crippen LogP contribution in [-0.2, 0) is 76.0 Å². The summed E-state index contributed by atoms with van der Waals surface area (Å²) < 4.78 is 78.7. The van der Waals surface area contributed by atoms with Crippen molar-refractivity contribution in [2.75, 3.05) is 46.8 Å². The van der Waals surface area contributed by atoms with E-state index in [1.165, 1.54) is 32.1 Å². The maximum atomic E-state index is 14.0. The Morgan fingerprint density at radius 2 is 0.909 bits per heavy atom. The molecule has 6 aliphatic heterocycles. The van der Waals surface area contributed by atoms with Gasteiger partial charge in [-0.15, -0.1) is 0 Å². The van der Waals surface area contributed by atoms with Crippen molar-refractivity contribution < 1.29 is 147 Å². The SMILES string of the molecule is CCCCCC/C=C\CCCOc1cccc(C(=O)N[C@@H]2C(O[C@H]3C(O)C(NC(C)=O)C(OC4C(CO)O[C@@H](O[C@H]5C(O)C(NC(C)=O)C(OC6C(CO[C@@H]7OC(C)C(O)[C@H](C)[C@H]7OC)OC(O)C(NC(C)=O)[C@H]6O)O[C@H]5CO)C(NC(C)=O)[C@H]4O)O[C@H]3CO)OC(CO)[C@@H](O)[C@@H]2O)c1. The number of carbonyl (C=O) groups excluding carboxylic acids is 5. The minimum atomic E-state index is -2.05. The summed E-state index contributed by atoms with van der Waals surface area (Å²) in [7, 11) is 1.37. The lowest BCUT2D eigenvalue weighted by Gasteiger charge is -2.51. The summed E-state index contributed by atoms with van der Waals surface area (Å²) in [6, 6.07) is -2.33. The highest BCUT2D eigenvalue weighted by Gasteiger charge is 2.58. The lowest BCUT2D eigenvalue weighted by atomic mass is 9.91. The highest BCUT2D eigenvalue weighted by atomic mass is 16.8. The van der Waals surface area contributed by atoms with E-state index >= 15 is 0 Å². The molecule has 1 aromatic rings. The average molecular weight is 1420 g/mol. The van der Waals surface area contributed by atoms with Gasteiger partial charge in [0.05, 0.1) is 51.8 Å². The lowest BCUT2D eigenvalue weighted by molar-refractivity contribution is -0.368. The van der Waals surface area contributed by atoms with Gasteiger partial charge < -0.3 is 149 Å². The Bertz CT molecular complexity index is 2730. The zero-order chi connectivity index (χ0) is 72.5.